The quantitative estimate of drug-likeness (QED) is 0.527. The largest absolute Gasteiger partial charge is 0.337 e. The van der Waals surface area contributed by atoms with Crippen LogP contribution in [0.3, 0.4) is 0 Å². The normalized spacial score (nSPS) is 23.8. The zero-order valence-corrected chi connectivity index (χ0v) is 11.2. The van der Waals surface area contributed by atoms with Crippen LogP contribution >= 0.6 is 0 Å². The molecule has 0 N–H and O–H groups in total. The molecule has 0 unspecified atom stereocenters. The second-order valence-electron chi connectivity index (χ2n) is 5.66. The molecule has 0 spiro atoms. The highest BCUT2D eigenvalue weighted by molar-refractivity contribution is 5.85. The molecule has 0 atom stereocenters. The van der Waals surface area contributed by atoms with Gasteiger partial charge in [0.1, 0.15) is 5.41 Å². The molecule has 0 aromatic heterocycles. The lowest BCUT2D eigenvalue weighted by Gasteiger charge is -2.33. The van der Waals surface area contributed by atoms with Crippen molar-refractivity contribution in [2.45, 2.75) is 51.9 Å². The van der Waals surface area contributed by atoms with Gasteiger partial charge in [0, 0.05) is 13.1 Å². The van der Waals surface area contributed by atoms with Crippen LogP contribution < -0.4 is 0 Å². The summed E-state index contributed by atoms with van der Waals surface area (Å²) in [5.41, 5.74) is 0.626. The number of hydrogen-bond acceptors (Lipinski definition) is 2. The van der Waals surface area contributed by atoms with E-state index in [9.17, 15) is 10.1 Å². The van der Waals surface area contributed by atoms with Crippen LogP contribution in [0.4, 0.5) is 0 Å². The zero-order chi connectivity index (χ0) is 13.0. The first-order valence-corrected chi connectivity index (χ1v) is 7.04. The molecule has 1 saturated carbocycles. The van der Waals surface area contributed by atoms with Crippen molar-refractivity contribution in [3.63, 3.8) is 0 Å². The average Bonchev–Trinajstić information content (AvgIpc) is 2.65. The van der Waals surface area contributed by atoms with Crippen LogP contribution in [0.1, 0.15) is 51.9 Å². The van der Waals surface area contributed by atoms with E-state index < -0.39 is 5.41 Å². The maximum atomic E-state index is 12.6. The molecule has 3 heteroatoms. The molecule has 1 fully saturated rings. The molecule has 2 rings (SSSR count). The molecule has 98 valence electrons. The van der Waals surface area contributed by atoms with Crippen LogP contribution in [0.2, 0.25) is 0 Å². The van der Waals surface area contributed by atoms with E-state index in [1.165, 1.54) is 5.57 Å². The van der Waals surface area contributed by atoms with Gasteiger partial charge < -0.3 is 4.90 Å². The van der Waals surface area contributed by atoms with Gasteiger partial charge in [-0.15, -0.1) is 0 Å². The fourth-order valence-corrected chi connectivity index (χ4v) is 2.96. The van der Waals surface area contributed by atoms with Crippen molar-refractivity contribution in [3.8, 4) is 6.07 Å². The second-order valence-corrected chi connectivity index (χ2v) is 5.66. The predicted molar refractivity (Wildman–Crippen MR) is 70.7 cm³/mol. The fourth-order valence-electron chi connectivity index (χ4n) is 2.96. The Kier molecular flexibility index (Phi) is 4.06. The Hall–Kier alpha value is -1.30. The maximum Gasteiger partial charge on any atom is 0.243 e. The zero-order valence-electron chi connectivity index (χ0n) is 11.2. The Labute approximate surface area is 109 Å². The minimum absolute atomic E-state index is 0.0793. The fraction of sp³-hybridized carbons (Fsp3) is 0.733. The number of amides is 1. The van der Waals surface area contributed by atoms with Crippen LogP contribution in [0.5, 0.6) is 0 Å². The molecule has 18 heavy (non-hydrogen) atoms. The number of carbonyl (C=O) groups excluding carboxylic acids is 1. The third-order valence-corrected chi connectivity index (χ3v) is 4.30. The average molecular weight is 246 g/mol. The summed E-state index contributed by atoms with van der Waals surface area (Å²) in [7, 11) is 0. The van der Waals surface area contributed by atoms with Crippen molar-refractivity contribution < 1.29 is 4.79 Å². The molecular weight excluding hydrogens is 224 g/mol. The van der Waals surface area contributed by atoms with Gasteiger partial charge in [-0.1, -0.05) is 37.3 Å². The van der Waals surface area contributed by atoms with Gasteiger partial charge in [-0.05, 0) is 26.2 Å². The number of nitriles is 1. The number of carbonyl (C=O) groups is 1. The van der Waals surface area contributed by atoms with Crippen molar-refractivity contribution in [2.75, 3.05) is 13.1 Å². The standard InChI is InChI=1S/C15H22N2O/c1-13-6-10-17(11-7-13)14(18)15(12-16)8-4-2-3-5-9-15/h6H,2-5,7-11H2,1H3. The van der Waals surface area contributed by atoms with E-state index in [4.69, 9.17) is 0 Å². The van der Waals surface area contributed by atoms with Crippen molar-refractivity contribution in [1.29, 1.82) is 5.26 Å². The summed E-state index contributed by atoms with van der Waals surface area (Å²) in [5.74, 6) is 0.0793. The van der Waals surface area contributed by atoms with Crippen LogP contribution in [0, 0.1) is 16.7 Å². The third-order valence-electron chi connectivity index (χ3n) is 4.30. The Balaban J connectivity index is 2.12. The third kappa shape index (κ3) is 2.58. The summed E-state index contributed by atoms with van der Waals surface area (Å²) < 4.78 is 0. The molecule has 3 nitrogen and oxygen atoms in total. The summed E-state index contributed by atoms with van der Waals surface area (Å²) in [6.45, 7) is 3.58. The molecule has 1 amide bonds. The first kappa shape index (κ1) is 13.1. The minimum atomic E-state index is -0.727. The molecule has 0 aromatic rings. The number of nitrogens with zero attached hydrogens (tertiary/aromatic N) is 2. The molecule has 0 saturated heterocycles. The van der Waals surface area contributed by atoms with E-state index in [1.807, 2.05) is 4.90 Å². The Morgan fingerprint density at radius 3 is 2.50 bits per heavy atom. The maximum absolute atomic E-state index is 12.6. The van der Waals surface area contributed by atoms with Gasteiger partial charge in [0.25, 0.3) is 0 Å². The van der Waals surface area contributed by atoms with E-state index in [-0.39, 0.29) is 5.91 Å². The first-order valence-electron chi connectivity index (χ1n) is 7.04. The lowest BCUT2D eigenvalue weighted by molar-refractivity contribution is -0.139. The Morgan fingerprint density at radius 1 is 1.33 bits per heavy atom. The van der Waals surface area contributed by atoms with Crippen LogP contribution in [0.25, 0.3) is 0 Å². The molecule has 1 aliphatic heterocycles. The number of hydrogen-bond donors (Lipinski definition) is 0. The van der Waals surface area contributed by atoms with E-state index in [0.717, 1.165) is 51.5 Å². The second kappa shape index (κ2) is 5.56. The summed E-state index contributed by atoms with van der Waals surface area (Å²) >= 11 is 0. The molecule has 1 heterocycles. The summed E-state index contributed by atoms with van der Waals surface area (Å²) in [6.07, 6.45) is 8.93. The predicted octanol–water partition coefficient (Wildman–Crippen LogP) is 3.03. The molecule has 0 bridgehead atoms. The van der Waals surface area contributed by atoms with Gasteiger partial charge in [-0.3, -0.25) is 4.79 Å². The minimum Gasteiger partial charge on any atom is -0.337 e. The molecule has 2 aliphatic rings. The summed E-state index contributed by atoms with van der Waals surface area (Å²) in [5, 5.41) is 9.51. The molecular formula is C15H22N2O. The van der Waals surface area contributed by atoms with Gasteiger partial charge >= 0.3 is 0 Å². The topological polar surface area (TPSA) is 44.1 Å². The SMILES string of the molecule is CC1=CCN(C(=O)C2(C#N)CCCCCC2)CC1. The molecule has 0 radical (unpaired) electrons. The van der Waals surface area contributed by atoms with E-state index in [1.54, 1.807) is 0 Å². The Bertz CT molecular complexity index is 384. The van der Waals surface area contributed by atoms with Gasteiger partial charge in [0.2, 0.25) is 5.91 Å². The van der Waals surface area contributed by atoms with Crippen LogP contribution in [-0.4, -0.2) is 23.9 Å². The first-order chi connectivity index (χ1) is 8.68. The molecule has 0 aromatic carbocycles. The van der Waals surface area contributed by atoms with Crippen LogP contribution in [0.15, 0.2) is 11.6 Å². The van der Waals surface area contributed by atoms with Gasteiger partial charge in [0.05, 0.1) is 6.07 Å². The van der Waals surface area contributed by atoms with Gasteiger partial charge in [0.15, 0.2) is 0 Å². The number of rotatable bonds is 1. The highest BCUT2D eigenvalue weighted by atomic mass is 16.2. The van der Waals surface area contributed by atoms with Gasteiger partial charge in [-0.25, -0.2) is 0 Å². The van der Waals surface area contributed by atoms with Gasteiger partial charge in [-0.2, -0.15) is 5.26 Å². The van der Waals surface area contributed by atoms with E-state index in [0.29, 0.717) is 6.54 Å². The van der Waals surface area contributed by atoms with E-state index in [2.05, 4.69) is 19.1 Å². The summed E-state index contributed by atoms with van der Waals surface area (Å²) in [4.78, 5) is 14.5. The van der Waals surface area contributed by atoms with Crippen molar-refractivity contribution in [3.05, 3.63) is 11.6 Å². The lowest BCUT2D eigenvalue weighted by Crippen LogP contribution is -2.45. The van der Waals surface area contributed by atoms with Crippen molar-refractivity contribution in [2.24, 2.45) is 5.41 Å². The smallest absolute Gasteiger partial charge is 0.243 e. The highest BCUT2D eigenvalue weighted by Gasteiger charge is 2.41. The molecule has 1 aliphatic carbocycles. The van der Waals surface area contributed by atoms with Crippen molar-refractivity contribution >= 4 is 5.91 Å². The van der Waals surface area contributed by atoms with Crippen molar-refractivity contribution in [1.82, 2.24) is 4.90 Å². The monoisotopic (exact) mass is 246 g/mol. The Morgan fingerprint density at radius 2 is 2.00 bits per heavy atom. The van der Waals surface area contributed by atoms with E-state index >= 15 is 0 Å². The highest BCUT2D eigenvalue weighted by Crippen LogP contribution is 2.36. The lowest BCUT2D eigenvalue weighted by atomic mass is 9.80. The summed E-state index contributed by atoms with van der Waals surface area (Å²) in [6, 6.07) is 2.35. The van der Waals surface area contributed by atoms with Crippen LogP contribution in [-0.2, 0) is 4.79 Å².